The predicted octanol–water partition coefficient (Wildman–Crippen LogP) is 0.704. The summed E-state index contributed by atoms with van der Waals surface area (Å²) in [6.07, 6.45) is 0.717. The number of hydrogen-bond acceptors (Lipinski definition) is 2. The van der Waals surface area contributed by atoms with E-state index in [-0.39, 0.29) is 11.7 Å². The quantitative estimate of drug-likeness (QED) is 0.702. The Kier molecular flexibility index (Phi) is 4.77. The van der Waals surface area contributed by atoms with E-state index in [0.29, 0.717) is 13.1 Å². The third-order valence-electron chi connectivity index (χ3n) is 2.04. The summed E-state index contributed by atoms with van der Waals surface area (Å²) in [5.41, 5.74) is 0.930. The van der Waals surface area contributed by atoms with Crippen molar-refractivity contribution in [3.63, 3.8) is 0 Å². The van der Waals surface area contributed by atoms with Crippen molar-refractivity contribution >= 4 is 5.91 Å². The fourth-order valence-corrected chi connectivity index (χ4v) is 1.22. The Morgan fingerprint density at radius 1 is 1.47 bits per heavy atom. The molecule has 1 rings (SSSR count). The van der Waals surface area contributed by atoms with Crippen molar-refractivity contribution in [2.75, 3.05) is 20.1 Å². The second kappa shape index (κ2) is 6.14. The lowest BCUT2D eigenvalue weighted by atomic mass is 10.1. The molecule has 2 N–H and O–H groups in total. The van der Waals surface area contributed by atoms with Gasteiger partial charge in [-0.25, -0.2) is 4.39 Å². The highest BCUT2D eigenvalue weighted by Crippen LogP contribution is 2.03. The van der Waals surface area contributed by atoms with Crippen molar-refractivity contribution < 1.29 is 9.18 Å². The molecule has 0 atom stereocenters. The summed E-state index contributed by atoms with van der Waals surface area (Å²) in [5, 5.41) is 5.48. The van der Waals surface area contributed by atoms with Crippen LogP contribution in [0.15, 0.2) is 24.3 Å². The number of carbonyl (C=O) groups excluding carboxylic acids is 1. The molecule has 0 radical (unpaired) electrons. The van der Waals surface area contributed by atoms with Gasteiger partial charge in [-0.3, -0.25) is 4.79 Å². The minimum Gasteiger partial charge on any atom is -0.358 e. The van der Waals surface area contributed by atoms with Gasteiger partial charge in [-0.05, 0) is 30.7 Å². The average Bonchev–Trinajstić information content (AvgIpc) is 2.24. The standard InChI is InChI=1S/C11H15FN2O/c1-13-11(15)8-14-6-5-9-3-2-4-10(12)7-9/h2-4,7,14H,5-6,8H2,1H3,(H,13,15). The molecule has 0 aliphatic rings. The van der Waals surface area contributed by atoms with Crippen molar-refractivity contribution in [2.24, 2.45) is 0 Å². The van der Waals surface area contributed by atoms with Gasteiger partial charge in [0.15, 0.2) is 0 Å². The van der Waals surface area contributed by atoms with Gasteiger partial charge in [-0.1, -0.05) is 12.1 Å². The van der Waals surface area contributed by atoms with E-state index in [0.717, 1.165) is 12.0 Å². The smallest absolute Gasteiger partial charge is 0.233 e. The van der Waals surface area contributed by atoms with Crippen molar-refractivity contribution in [3.8, 4) is 0 Å². The minimum atomic E-state index is -0.223. The maximum atomic E-state index is 12.8. The zero-order valence-electron chi connectivity index (χ0n) is 8.72. The Morgan fingerprint density at radius 3 is 2.93 bits per heavy atom. The lowest BCUT2D eigenvalue weighted by Crippen LogP contribution is -2.32. The number of amides is 1. The highest BCUT2D eigenvalue weighted by molar-refractivity contribution is 5.77. The van der Waals surface area contributed by atoms with Gasteiger partial charge in [-0.2, -0.15) is 0 Å². The van der Waals surface area contributed by atoms with Gasteiger partial charge in [0, 0.05) is 7.05 Å². The van der Waals surface area contributed by atoms with Gasteiger partial charge in [0.2, 0.25) is 5.91 Å². The van der Waals surface area contributed by atoms with Crippen LogP contribution in [0, 0.1) is 5.82 Å². The van der Waals surface area contributed by atoms with Crippen molar-refractivity contribution in [3.05, 3.63) is 35.6 Å². The molecule has 3 nitrogen and oxygen atoms in total. The zero-order chi connectivity index (χ0) is 11.1. The summed E-state index contributed by atoms with van der Waals surface area (Å²) in [6.45, 7) is 0.961. The van der Waals surface area contributed by atoms with Gasteiger partial charge < -0.3 is 10.6 Å². The molecule has 0 fully saturated rings. The molecule has 82 valence electrons. The number of hydrogen-bond donors (Lipinski definition) is 2. The van der Waals surface area contributed by atoms with Crippen LogP contribution < -0.4 is 10.6 Å². The minimum absolute atomic E-state index is 0.0470. The van der Waals surface area contributed by atoms with Crippen LogP contribution in [-0.4, -0.2) is 26.0 Å². The third kappa shape index (κ3) is 4.56. The van der Waals surface area contributed by atoms with E-state index in [1.165, 1.54) is 12.1 Å². The van der Waals surface area contributed by atoms with Gasteiger partial charge in [0.1, 0.15) is 5.82 Å². The van der Waals surface area contributed by atoms with Crippen molar-refractivity contribution in [2.45, 2.75) is 6.42 Å². The second-order valence-electron chi connectivity index (χ2n) is 3.23. The fourth-order valence-electron chi connectivity index (χ4n) is 1.22. The monoisotopic (exact) mass is 210 g/mol. The van der Waals surface area contributed by atoms with Crippen LogP contribution in [0.5, 0.6) is 0 Å². The molecule has 0 aromatic heterocycles. The summed E-state index contributed by atoms with van der Waals surface area (Å²) in [5.74, 6) is -0.270. The topological polar surface area (TPSA) is 41.1 Å². The van der Waals surface area contributed by atoms with E-state index in [1.54, 1.807) is 13.1 Å². The molecule has 1 aromatic rings. The molecular weight excluding hydrogens is 195 g/mol. The summed E-state index contributed by atoms with van der Waals surface area (Å²) in [4.78, 5) is 10.8. The Bertz CT molecular complexity index is 328. The highest BCUT2D eigenvalue weighted by Gasteiger charge is 1.97. The molecule has 1 amide bonds. The van der Waals surface area contributed by atoms with Crippen LogP contribution in [0.2, 0.25) is 0 Å². The van der Waals surface area contributed by atoms with Crippen LogP contribution in [0.4, 0.5) is 4.39 Å². The molecule has 0 spiro atoms. The van der Waals surface area contributed by atoms with Crippen LogP contribution in [0.1, 0.15) is 5.56 Å². The number of rotatable bonds is 5. The molecule has 0 aliphatic carbocycles. The van der Waals surface area contributed by atoms with E-state index in [4.69, 9.17) is 0 Å². The first-order chi connectivity index (χ1) is 7.22. The summed E-state index contributed by atoms with van der Waals surface area (Å²) < 4.78 is 12.8. The van der Waals surface area contributed by atoms with Crippen LogP contribution in [0.3, 0.4) is 0 Å². The van der Waals surface area contributed by atoms with E-state index < -0.39 is 0 Å². The molecule has 0 saturated carbocycles. The molecule has 1 aromatic carbocycles. The number of halogens is 1. The SMILES string of the molecule is CNC(=O)CNCCc1cccc(F)c1. The fraction of sp³-hybridized carbons (Fsp3) is 0.364. The Labute approximate surface area is 88.7 Å². The molecule has 15 heavy (non-hydrogen) atoms. The Hall–Kier alpha value is -1.42. The molecule has 4 heteroatoms. The Balaban J connectivity index is 2.23. The van der Waals surface area contributed by atoms with E-state index in [2.05, 4.69) is 10.6 Å². The van der Waals surface area contributed by atoms with Crippen LogP contribution >= 0.6 is 0 Å². The first-order valence-corrected chi connectivity index (χ1v) is 4.88. The van der Waals surface area contributed by atoms with Crippen LogP contribution in [-0.2, 0) is 11.2 Å². The molecule has 0 aliphatic heterocycles. The molecule has 0 unspecified atom stereocenters. The molecule has 0 heterocycles. The zero-order valence-corrected chi connectivity index (χ0v) is 8.72. The van der Waals surface area contributed by atoms with Gasteiger partial charge in [0.05, 0.1) is 6.54 Å². The lowest BCUT2D eigenvalue weighted by molar-refractivity contribution is -0.119. The first-order valence-electron chi connectivity index (χ1n) is 4.88. The third-order valence-corrected chi connectivity index (χ3v) is 2.04. The van der Waals surface area contributed by atoms with Gasteiger partial charge in [-0.15, -0.1) is 0 Å². The van der Waals surface area contributed by atoms with E-state index >= 15 is 0 Å². The van der Waals surface area contributed by atoms with Crippen molar-refractivity contribution in [1.29, 1.82) is 0 Å². The van der Waals surface area contributed by atoms with Gasteiger partial charge in [0.25, 0.3) is 0 Å². The first kappa shape index (κ1) is 11.7. The largest absolute Gasteiger partial charge is 0.358 e. The van der Waals surface area contributed by atoms with E-state index in [1.807, 2.05) is 6.07 Å². The number of likely N-dealkylation sites (N-methyl/N-ethyl adjacent to an activating group) is 1. The average molecular weight is 210 g/mol. The maximum Gasteiger partial charge on any atom is 0.233 e. The highest BCUT2D eigenvalue weighted by atomic mass is 19.1. The number of benzene rings is 1. The van der Waals surface area contributed by atoms with Crippen LogP contribution in [0.25, 0.3) is 0 Å². The van der Waals surface area contributed by atoms with E-state index in [9.17, 15) is 9.18 Å². The molecule has 0 saturated heterocycles. The molecular formula is C11H15FN2O. The van der Waals surface area contributed by atoms with Crippen molar-refractivity contribution in [1.82, 2.24) is 10.6 Å². The normalized spacial score (nSPS) is 10.0. The number of carbonyl (C=O) groups is 1. The lowest BCUT2D eigenvalue weighted by Gasteiger charge is -2.03. The summed E-state index contributed by atoms with van der Waals surface area (Å²) in [7, 11) is 1.59. The number of nitrogens with one attached hydrogen (secondary N) is 2. The summed E-state index contributed by atoms with van der Waals surface area (Å²) >= 11 is 0. The van der Waals surface area contributed by atoms with Gasteiger partial charge >= 0.3 is 0 Å². The Morgan fingerprint density at radius 2 is 2.27 bits per heavy atom. The maximum absolute atomic E-state index is 12.8. The molecule has 0 bridgehead atoms. The predicted molar refractivity (Wildman–Crippen MR) is 57.0 cm³/mol. The second-order valence-corrected chi connectivity index (χ2v) is 3.23. The summed E-state index contributed by atoms with van der Waals surface area (Å²) in [6, 6.07) is 6.47.